The molecule has 0 saturated carbocycles. The highest BCUT2D eigenvalue weighted by Crippen LogP contribution is 2.13. The Labute approximate surface area is 115 Å². The lowest BCUT2D eigenvalue weighted by molar-refractivity contribution is -0.128. The molecule has 0 unspecified atom stereocenters. The third kappa shape index (κ3) is 5.75. The molecule has 4 heteroatoms. The van der Waals surface area contributed by atoms with Crippen LogP contribution in [0, 0.1) is 0 Å². The lowest BCUT2D eigenvalue weighted by Crippen LogP contribution is -2.35. The van der Waals surface area contributed by atoms with Crippen LogP contribution < -0.4 is 10.1 Å². The van der Waals surface area contributed by atoms with E-state index in [1.165, 1.54) is 0 Å². The van der Waals surface area contributed by atoms with Gasteiger partial charge in [0.15, 0.2) is 0 Å². The molecule has 1 amide bonds. The number of carbonyl (C=O) groups is 1. The van der Waals surface area contributed by atoms with Crippen LogP contribution in [0.1, 0.15) is 25.8 Å². The zero-order valence-electron chi connectivity index (χ0n) is 12.1. The molecule has 0 aromatic heterocycles. The van der Waals surface area contributed by atoms with Crippen molar-refractivity contribution in [2.45, 2.75) is 26.8 Å². The summed E-state index contributed by atoms with van der Waals surface area (Å²) >= 11 is 0. The number of ether oxygens (including phenoxy) is 1. The van der Waals surface area contributed by atoms with E-state index in [2.05, 4.69) is 12.2 Å². The molecule has 1 aromatic carbocycles. The number of benzene rings is 1. The van der Waals surface area contributed by atoms with E-state index < -0.39 is 0 Å². The van der Waals surface area contributed by atoms with Crippen molar-refractivity contribution >= 4 is 5.91 Å². The Morgan fingerprint density at radius 2 is 2.16 bits per heavy atom. The minimum atomic E-state index is 0.112. The van der Waals surface area contributed by atoms with Gasteiger partial charge in [0.05, 0.1) is 13.2 Å². The summed E-state index contributed by atoms with van der Waals surface area (Å²) < 4.78 is 5.58. The normalized spacial score (nSPS) is 10.3. The van der Waals surface area contributed by atoms with Crippen molar-refractivity contribution in [1.29, 1.82) is 0 Å². The molecule has 1 aromatic rings. The fraction of sp³-hybridized carbons (Fsp3) is 0.533. The van der Waals surface area contributed by atoms with Crippen molar-refractivity contribution < 1.29 is 9.53 Å². The predicted molar refractivity (Wildman–Crippen MR) is 77.2 cm³/mol. The Balaban J connectivity index is 2.38. The van der Waals surface area contributed by atoms with E-state index in [-0.39, 0.29) is 5.91 Å². The van der Waals surface area contributed by atoms with Gasteiger partial charge in [0.2, 0.25) is 5.91 Å². The van der Waals surface area contributed by atoms with Gasteiger partial charge in [-0.15, -0.1) is 0 Å². The van der Waals surface area contributed by atoms with Crippen molar-refractivity contribution in [3.8, 4) is 5.75 Å². The van der Waals surface area contributed by atoms with Crippen molar-refractivity contribution in [3.05, 3.63) is 29.8 Å². The summed E-state index contributed by atoms with van der Waals surface area (Å²) in [6, 6.07) is 7.97. The molecule has 0 saturated heterocycles. The summed E-state index contributed by atoms with van der Waals surface area (Å²) in [4.78, 5) is 13.3. The lowest BCUT2D eigenvalue weighted by atomic mass is 10.2. The number of carbonyl (C=O) groups excluding carboxylic acids is 1. The van der Waals surface area contributed by atoms with Crippen LogP contribution in [0.2, 0.25) is 0 Å². The summed E-state index contributed by atoms with van der Waals surface area (Å²) in [7, 11) is 1.81. The topological polar surface area (TPSA) is 41.6 Å². The van der Waals surface area contributed by atoms with Crippen LogP contribution in [0.5, 0.6) is 5.75 Å². The Hall–Kier alpha value is -1.55. The first-order valence-corrected chi connectivity index (χ1v) is 6.83. The second kappa shape index (κ2) is 8.53. The fourth-order valence-electron chi connectivity index (χ4n) is 1.59. The van der Waals surface area contributed by atoms with E-state index in [0.29, 0.717) is 13.1 Å². The van der Waals surface area contributed by atoms with Crippen LogP contribution >= 0.6 is 0 Å². The van der Waals surface area contributed by atoms with Gasteiger partial charge in [0.1, 0.15) is 5.75 Å². The van der Waals surface area contributed by atoms with Crippen molar-refractivity contribution in [1.82, 2.24) is 10.2 Å². The quantitative estimate of drug-likeness (QED) is 0.781. The van der Waals surface area contributed by atoms with E-state index in [1.807, 2.05) is 38.2 Å². The molecule has 4 nitrogen and oxygen atoms in total. The SMILES string of the molecule is CCCOc1cccc(CNCC(=O)N(C)CC)c1. The van der Waals surface area contributed by atoms with Gasteiger partial charge in [0.25, 0.3) is 0 Å². The second-order valence-electron chi connectivity index (χ2n) is 4.51. The van der Waals surface area contributed by atoms with Crippen molar-refractivity contribution in [3.63, 3.8) is 0 Å². The van der Waals surface area contributed by atoms with Crippen LogP contribution in [-0.4, -0.2) is 37.6 Å². The number of hydrogen-bond donors (Lipinski definition) is 1. The standard InChI is InChI=1S/C15H24N2O2/c1-4-9-19-14-8-6-7-13(10-14)11-16-12-15(18)17(3)5-2/h6-8,10,16H,4-5,9,11-12H2,1-3H3. The maximum absolute atomic E-state index is 11.6. The maximum Gasteiger partial charge on any atom is 0.236 e. The van der Waals surface area contributed by atoms with Crippen LogP contribution in [0.4, 0.5) is 0 Å². The molecular weight excluding hydrogens is 240 g/mol. The van der Waals surface area contributed by atoms with Crippen LogP contribution in [0.15, 0.2) is 24.3 Å². The first-order valence-electron chi connectivity index (χ1n) is 6.83. The minimum absolute atomic E-state index is 0.112. The maximum atomic E-state index is 11.6. The largest absolute Gasteiger partial charge is 0.494 e. The predicted octanol–water partition coefficient (Wildman–Crippen LogP) is 2.04. The second-order valence-corrected chi connectivity index (χ2v) is 4.51. The molecule has 19 heavy (non-hydrogen) atoms. The fourth-order valence-corrected chi connectivity index (χ4v) is 1.59. The molecule has 0 aliphatic heterocycles. The van der Waals surface area contributed by atoms with Gasteiger partial charge in [-0.2, -0.15) is 0 Å². The summed E-state index contributed by atoms with van der Waals surface area (Å²) in [5.74, 6) is 0.999. The Morgan fingerprint density at radius 1 is 1.37 bits per heavy atom. The highest BCUT2D eigenvalue weighted by molar-refractivity contribution is 5.77. The number of amides is 1. The van der Waals surface area contributed by atoms with Gasteiger partial charge < -0.3 is 15.0 Å². The molecule has 0 fully saturated rings. The highest BCUT2D eigenvalue weighted by atomic mass is 16.5. The highest BCUT2D eigenvalue weighted by Gasteiger charge is 2.05. The molecular formula is C15H24N2O2. The molecule has 106 valence electrons. The first kappa shape index (κ1) is 15.5. The number of likely N-dealkylation sites (N-methyl/N-ethyl adjacent to an activating group) is 1. The number of nitrogens with zero attached hydrogens (tertiary/aromatic N) is 1. The molecule has 0 spiro atoms. The van der Waals surface area contributed by atoms with Gasteiger partial charge in [0, 0.05) is 20.1 Å². The molecule has 0 radical (unpaired) electrons. The van der Waals surface area contributed by atoms with Crippen LogP contribution in [0.3, 0.4) is 0 Å². The van der Waals surface area contributed by atoms with E-state index in [1.54, 1.807) is 4.90 Å². The van der Waals surface area contributed by atoms with Crippen molar-refractivity contribution in [2.75, 3.05) is 26.7 Å². The summed E-state index contributed by atoms with van der Waals surface area (Å²) in [5, 5.41) is 3.15. The summed E-state index contributed by atoms with van der Waals surface area (Å²) in [6.07, 6.45) is 1.00. The zero-order valence-corrected chi connectivity index (χ0v) is 12.1. The lowest BCUT2D eigenvalue weighted by Gasteiger charge is -2.14. The third-order valence-corrected chi connectivity index (χ3v) is 2.88. The van der Waals surface area contributed by atoms with Crippen LogP contribution in [0.25, 0.3) is 0 Å². The van der Waals surface area contributed by atoms with Gasteiger partial charge in [-0.05, 0) is 31.0 Å². The van der Waals surface area contributed by atoms with Crippen molar-refractivity contribution in [2.24, 2.45) is 0 Å². The minimum Gasteiger partial charge on any atom is -0.494 e. The van der Waals surface area contributed by atoms with E-state index in [9.17, 15) is 4.79 Å². The van der Waals surface area contributed by atoms with Gasteiger partial charge >= 0.3 is 0 Å². The number of rotatable bonds is 8. The Kier molecular flexibility index (Phi) is 6.97. The van der Waals surface area contributed by atoms with E-state index in [0.717, 1.165) is 30.9 Å². The Morgan fingerprint density at radius 3 is 2.84 bits per heavy atom. The molecule has 1 rings (SSSR count). The molecule has 1 N–H and O–H groups in total. The Bertz CT molecular complexity index is 393. The average Bonchev–Trinajstić information content (AvgIpc) is 2.44. The summed E-state index contributed by atoms with van der Waals surface area (Å²) in [5.41, 5.74) is 1.13. The molecule has 0 aliphatic carbocycles. The smallest absolute Gasteiger partial charge is 0.236 e. The van der Waals surface area contributed by atoms with Gasteiger partial charge in [-0.1, -0.05) is 19.1 Å². The van der Waals surface area contributed by atoms with Gasteiger partial charge in [-0.3, -0.25) is 4.79 Å². The van der Waals surface area contributed by atoms with Crippen LogP contribution in [-0.2, 0) is 11.3 Å². The molecule has 0 bridgehead atoms. The van der Waals surface area contributed by atoms with E-state index in [4.69, 9.17) is 4.74 Å². The van der Waals surface area contributed by atoms with E-state index >= 15 is 0 Å². The monoisotopic (exact) mass is 264 g/mol. The molecule has 0 aliphatic rings. The number of hydrogen-bond acceptors (Lipinski definition) is 3. The average molecular weight is 264 g/mol. The summed E-state index contributed by atoms with van der Waals surface area (Å²) in [6.45, 7) is 6.56. The molecule has 0 heterocycles. The first-order chi connectivity index (χ1) is 9.17. The zero-order chi connectivity index (χ0) is 14.1. The third-order valence-electron chi connectivity index (χ3n) is 2.88. The van der Waals surface area contributed by atoms with Gasteiger partial charge in [-0.25, -0.2) is 0 Å². The number of nitrogens with one attached hydrogen (secondary N) is 1. The molecule has 0 atom stereocenters.